The Morgan fingerprint density at radius 3 is 2.31 bits per heavy atom. The van der Waals surface area contributed by atoms with E-state index >= 15 is 0 Å². The first-order valence-electron chi connectivity index (χ1n) is 5.16. The maximum absolute atomic E-state index is 5.88. The Balaban J connectivity index is 2.90. The van der Waals surface area contributed by atoms with E-state index in [-0.39, 0.29) is 5.54 Å². The van der Waals surface area contributed by atoms with Gasteiger partial charge in [-0.25, -0.2) is 0 Å². The minimum Gasteiger partial charge on any atom is -0.370 e. The summed E-state index contributed by atoms with van der Waals surface area (Å²) in [5, 5.41) is 0. The maximum Gasteiger partial charge on any atom is 0.192 e. The summed E-state index contributed by atoms with van der Waals surface area (Å²) in [6.45, 7) is 9.64. The third kappa shape index (κ3) is 1.52. The molecule has 0 bridgehead atoms. The van der Waals surface area contributed by atoms with Gasteiger partial charge in [-0.2, -0.15) is 0 Å². The van der Waals surface area contributed by atoms with Crippen molar-refractivity contribution in [2.45, 2.75) is 52.1 Å². The molecular weight excluding hydrogens is 162 g/mol. The van der Waals surface area contributed by atoms with Crippen LogP contribution in [0.15, 0.2) is 4.99 Å². The van der Waals surface area contributed by atoms with E-state index in [2.05, 4.69) is 37.6 Å². The number of rotatable bonds is 3. The van der Waals surface area contributed by atoms with Crippen molar-refractivity contribution in [3.05, 3.63) is 0 Å². The Morgan fingerprint density at radius 2 is 2.00 bits per heavy atom. The van der Waals surface area contributed by atoms with Crippen LogP contribution < -0.4 is 5.73 Å². The summed E-state index contributed by atoms with van der Waals surface area (Å²) in [5.74, 6) is 0.721. The first kappa shape index (κ1) is 10.4. The fourth-order valence-corrected chi connectivity index (χ4v) is 2.25. The average Bonchev–Trinajstić information content (AvgIpc) is 2.43. The lowest BCUT2D eigenvalue weighted by molar-refractivity contribution is 0.153. The molecule has 0 unspecified atom stereocenters. The molecule has 0 aromatic heterocycles. The zero-order valence-corrected chi connectivity index (χ0v) is 9.17. The van der Waals surface area contributed by atoms with Gasteiger partial charge in [0.1, 0.15) is 0 Å². The summed E-state index contributed by atoms with van der Waals surface area (Å²) >= 11 is 0. The van der Waals surface area contributed by atoms with E-state index in [0.29, 0.717) is 6.04 Å². The molecule has 0 aromatic carbocycles. The molecule has 1 rings (SSSR count). The standard InChI is InChI=1S/C10H21N3/c1-5-10(6-2)7-12-9(11)13(10)8(3)4/h8H,5-7H2,1-4H3,(H2,11,12). The van der Waals surface area contributed by atoms with Crippen molar-refractivity contribution in [2.75, 3.05) is 6.54 Å². The lowest BCUT2D eigenvalue weighted by Gasteiger charge is -2.40. The summed E-state index contributed by atoms with van der Waals surface area (Å²) in [7, 11) is 0. The number of nitrogens with zero attached hydrogens (tertiary/aromatic N) is 2. The van der Waals surface area contributed by atoms with Gasteiger partial charge < -0.3 is 10.6 Å². The first-order valence-corrected chi connectivity index (χ1v) is 5.16. The van der Waals surface area contributed by atoms with E-state index in [4.69, 9.17) is 5.73 Å². The number of guanidine groups is 1. The molecule has 0 saturated carbocycles. The average molecular weight is 183 g/mol. The van der Waals surface area contributed by atoms with Crippen LogP contribution in [-0.2, 0) is 0 Å². The molecule has 3 nitrogen and oxygen atoms in total. The van der Waals surface area contributed by atoms with Gasteiger partial charge in [0.25, 0.3) is 0 Å². The molecule has 1 aliphatic rings. The number of nitrogens with two attached hydrogens (primary N) is 1. The molecule has 0 aromatic rings. The second-order valence-corrected chi connectivity index (χ2v) is 4.07. The molecule has 13 heavy (non-hydrogen) atoms. The monoisotopic (exact) mass is 183 g/mol. The molecule has 0 amide bonds. The van der Waals surface area contributed by atoms with Crippen LogP contribution in [0.5, 0.6) is 0 Å². The highest BCUT2D eigenvalue weighted by atomic mass is 15.4. The highest BCUT2D eigenvalue weighted by Crippen LogP contribution is 2.30. The van der Waals surface area contributed by atoms with Crippen LogP contribution >= 0.6 is 0 Å². The molecule has 1 heterocycles. The number of aliphatic imine (C=N–C) groups is 1. The van der Waals surface area contributed by atoms with Gasteiger partial charge in [0.05, 0.1) is 12.1 Å². The van der Waals surface area contributed by atoms with Crippen molar-refractivity contribution >= 4 is 5.96 Å². The molecule has 3 heteroatoms. The van der Waals surface area contributed by atoms with Gasteiger partial charge in [-0.15, -0.1) is 0 Å². The minimum absolute atomic E-state index is 0.193. The van der Waals surface area contributed by atoms with E-state index in [0.717, 1.165) is 25.3 Å². The maximum atomic E-state index is 5.88. The Kier molecular flexibility index (Phi) is 2.84. The predicted molar refractivity (Wildman–Crippen MR) is 56.8 cm³/mol. The van der Waals surface area contributed by atoms with E-state index in [1.807, 2.05) is 0 Å². The molecule has 0 spiro atoms. The highest BCUT2D eigenvalue weighted by Gasteiger charge is 2.40. The van der Waals surface area contributed by atoms with E-state index in [1.165, 1.54) is 0 Å². The van der Waals surface area contributed by atoms with Crippen LogP contribution in [0.2, 0.25) is 0 Å². The zero-order chi connectivity index (χ0) is 10.1. The largest absolute Gasteiger partial charge is 0.370 e. The molecule has 0 fully saturated rings. The van der Waals surface area contributed by atoms with Crippen LogP contribution in [0, 0.1) is 0 Å². The topological polar surface area (TPSA) is 41.6 Å². The summed E-state index contributed by atoms with van der Waals surface area (Å²) in [5.41, 5.74) is 6.08. The summed E-state index contributed by atoms with van der Waals surface area (Å²) in [6.07, 6.45) is 2.23. The Morgan fingerprint density at radius 1 is 1.46 bits per heavy atom. The fourth-order valence-electron chi connectivity index (χ4n) is 2.25. The lowest BCUT2D eigenvalue weighted by atomic mass is 9.91. The molecule has 0 atom stereocenters. The summed E-state index contributed by atoms with van der Waals surface area (Å²) in [4.78, 5) is 6.63. The van der Waals surface area contributed by atoms with Crippen molar-refractivity contribution in [3.8, 4) is 0 Å². The van der Waals surface area contributed by atoms with Crippen molar-refractivity contribution in [2.24, 2.45) is 10.7 Å². The molecule has 2 N–H and O–H groups in total. The predicted octanol–water partition coefficient (Wildman–Crippen LogP) is 1.58. The van der Waals surface area contributed by atoms with Crippen molar-refractivity contribution in [1.82, 2.24) is 4.90 Å². The van der Waals surface area contributed by atoms with Crippen molar-refractivity contribution < 1.29 is 0 Å². The quantitative estimate of drug-likeness (QED) is 0.722. The third-order valence-electron chi connectivity index (χ3n) is 3.13. The van der Waals surface area contributed by atoms with Crippen LogP contribution in [0.4, 0.5) is 0 Å². The van der Waals surface area contributed by atoms with Crippen molar-refractivity contribution in [1.29, 1.82) is 0 Å². The SMILES string of the molecule is CCC1(CC)CN=C(N)N1C(C)C. The molecule has 0 radical (unpaired) electrons. The van der Waals surface area contributed by atoms with Gasteiger partial charge in [0, 0.05) is 6.04 Å². The Labute approximate surface area is 81.0 Å². The highest BCUT2D eigenvalue weighted by molar-refractivity contribution is 5.81. The lowest BCUT2D eigenvalue weighted by Crippen LogP contribution is -2.54. The van der Waals surface area contributed by atoms with Crippen molar-refractivity contribution in [3.63, 3.8) is 0 Å². The normalized spacial score (nSPS) is 21.0. The second-order valence-electron chi connectivity index (χ2n) is 4.07. The molecular formula is C10H21N3. The third-order valence-corrected chi connectivity index (χ3v) is 3.13. The van der Waals surface area contributed by atoms with E-state index < -0.39 is 0 Å². The van der Waals surface area contributed by atoms with Gasteiger partial charge in [-0.3, -0.25) is 4.99 Å². The Bertz CT molecular complexity index is 204. The number of hydrogen-bond acceptors (Lipinski definition) is 3. The van der Waals surface area contributed by atoms with Gasteiger partial charge in [-0.1, -0.05) is 13.8 Å². The first-order chi connectivity index (χ1) is 6.07. The molecule has 0 saturated heterocycles. The van der Waals surface area contributed by atoms with Gasteiger partial charge in [0.15, 0.2) is 5.96 Å². The molecule has 76 valence electrons. The molecule has 1 aliphatic heterocycles. The fraction of sp³-hybridized carbons (Fsp3) is 0.900. The second kappa shape index (κ2) is 3.56. The minimum atomic E-state index is 0.193. The van der Waals surface area contributed by atoms with Gasteiger partial charge in [-0.05, 0) is 26.7 Å². The Hall–Kier alpha value is -0.730. The molecule has 0 aliphatic carbocycles. The zero-order valence-electron chi connectivity index (χ0n) is 9.17. The smallest absolute Gasteiger partial charge is 0.192 e. The van der Waals surface area contributed by atoms with E-state index in [1.54, 1.807) is 0 Å². The van der Waals surface area contributed by atoms with Gasteiger partial charge in [0.2, 0.25) is 0 Å². The van der Waals surface area contributed by atoms with E-state index in [9.17, 15) is 0 Å². The van der Waals surface area contributed by atoms with Crippen LogP contribution in [-0.4, -0.2) is 29.0 Å². The summed E-state index contributed by atoms with van der Waals surface area (Å²) < 4.78 is 0. The van der Waals surface area contributed by atoms with Gasteiger partial charge >= 0.3 is 0 Å². The van der Waals surface area contributed by atoms with Crippen LogP contribution in [0.25, 0.3) is 0 Å². The number of hydrogen-bond donors (Lipinski definition) is 1. The van der Waals surface area contributed by atoms with Crippen LogP contribution in [0.3, 0.4) is 0 Å². The van der Waals surface area contributed by atoms with Crippen LogP contribution in [0.1, 0.15) is 40.5 Å². The summed E-state index contributed by atoms with van der Waals surface area (Å²) in [6, 6.07) is 0.450.